The minimum Gasteiger partial charge on any atom is -0.402 e. The van der Waals surface area contributed by atoms with Crippen molar-refractivity contribution in [2.45, 2.75) is 13.8 Å². The molecule has 130 valence electrons. The van der Waals surface area contributed by atoms with Gasteiger partial charge in [0.05, 0.1) is 16.4 Å². The Hall–Kier alpha value is -3.33. The second-order valence-corrected chi connectivity index (χ2v) is 6.75. The zero-order valence-corrected chi connectivity index (χ0v) is 14.8. The van der Waals surface area contributed by atoms with Gasteiger partial charge in [-0.2, -0.15) is 5.10 Å². The number of aromatic amines is 1. The van der Waals surface area contributed by atoms with Crippen LogP contribution in [0.3, 0.4) is 0 Å². The molecule has 9 heteroatoms. The Morgan fingerprint density at radius 3 is 2.73 bits per heavy atom. The quantitative estimate of drug-likeness (QED) is 0.572. The molecule has 0 unspecified atom stereocenters. The lowest BCUT2D eigenvalue weighted by Crippen LogP contribution is -2.12. The first-order chi connectivity index (χ1) is 12.6. The molecule has 2 N–H and O–H groups in total. The third-order valence-electron chi connectivity index (χ3n) is 3.64. The van der Waals surface area contributed by atoms with Crippen LogP contribution in [0, 0.1) is 13.8 Å². The first-order valence-electron chi connectivity index (χ1n) is 7.80. The van der Waals surface area contributed by atoms with Gasteiger partial charge in [0.2, 0.25) is 0 Å². The number of thiazole rings is 1. The van der Waals surface area contributed by atoms with Crippen LogP contribution in [0.25, 0.3) is 22.0 Å². The molecule has 0 aliphatic rings. The van der Waals surface area contributed by atoms with Gasteiger partial charge in [-0.3, -0.25) is 15.2 Å². The summed E-state index contributed by atoms with van der Waals surface area (Å²) in [5.41, 5.74) is 2.71. The molecule has 0 aliphatic heterocycles. The number of hydrogen-bond donors (Lipinski definition) is 2. The lowest BCUT2D eigenvalue weighted by Gasteiger charge is -1.96. The molecule has 4 aromatic rings. The maximum Gasteiger partial charge on any atom is 0.322 e. The number of carbonyl (C=O) groups excluding carboxylic acids is 1. The van der Waals surface area contributed by atoms with Crippen molar-refractivity contribution < 1.29 is 9.21 Å². The van der Waals surface area contributed by atoms with Crippen LogP contribution >= 0.6 is 11.3 Å². The van der Waals surface area contributed by atoms with Crippen molar-refractivity contribution in [3.8, 4) is 22.0 Å². The minimum absolute atomic E-state index is 0.0197. The fourth-order valence-electron chi connectivity index (χ4n) is 2.45. The maximum absolute atomic E-state index is 12.4. The van der Waals surface area contributed by atoms with Crippen molar-refractivity contribution in [3.63, 3.8) is 0 Å². The van der Waals surface area contributed by atoms with E-state index in [1.807, 2.05) is 44.2 Å². The average Bonchev–Trinajstić information content (AvgIpc) is 3.35. The Morgan fingerprint density at radius 2 is 2.00 bits per heavy atom. The van der Waals surface area contributed by atoms with E-state index in [0.29, 0.717) is 17.3 Å². The molecule has 26 heavy (non-hydrogen) atoms. The van der Waals surface area contributed by atoms with E-state index in [0.717, 1.165) is 21.1 Å². The molecule has 0 bridgehead atoms. The van der Waals surface area contributed by atoms with Crippen LogP contribution in [0.1, 0.15) is 21.2 Å². The Kier molecular flexibility index (Phi) is 4.05. The van der Waals surface area contributed by atoms with Crippen LogP contribution in [-0.4, -0.2) is 31.3 Å². The van der Waals surface area contributed by atoms with Gasteiger partial charge in [0, 0.05) is 5.56 Å². The van der Waals surface area contributed by atoms with Gasteiger partial charge in [-0.1, -0.05) is 35.4 Å². The van der Waals surface area contributed by atoms with E-state index in [-0.39, 0.29) is 6.01 Å². The molecule has 4 rings (SSSR count). The highest BCUT2D eigenvalue weighted by Crippen LogP contribution is 2.29. The van der Waals surface area contributed by atoms with Crippen LogP contribution in [0.15, 0.2) is 40.8 Å². The number of benzene rings is 1. The van der Waals surface area contributed by atoms with Crippen LogP contribution in [-0.2, 0) is 0 Å². The van der Waals surface area contributed by atoms with Gasteiger partial charge >= 0.3 is 6.01 Å². The van der Waals surface area contributed by atoms with E-state index < -0.39 is 5.91 Å². The van der Waals surface area contributed by atoms with Gasteiger partial charge in [0.25, 0.3) is 11.8 Å². The van der Waals surface area contributed by atoms with Crippen molar-refractivity contribution in [2.75, 3.05) is 5.32 Å². The highest BCUT2D eigenvalue weighted by Gasteiger charge is 2.18. The molecule has 0 spiro atoms. The van der Waals surface area contributed by atoms with Crippen molar-refractivity contribution in [1.29, 1.82) is 0 Å². The number of H-pyrrole nitrogens is 1. The number of carbonyl (C=O) groups is 1. The fourth-order valence-corrected chi connectivity index (χ4v) is 3.30. The van der Waals surface area contributed by atoms with Crippen molar-refractivity contribution >= 4 is 23.3 Å². The summed E-state index contributed by atoms with van der Waals surface area (Å²) in [7, 11) is 0. The molecule has 1 aromatic carbocycles. The zero-order chi connectivity index (χ0) is 18.1. The molecule has 0 aliphatic carbocycles. The molecule has 0 saturated heterocycles. The second-order valence-electron chi connectivity index (χ2n) is 5.55. The zero-order valence-electron chi connectivity index (χ0n) is 14.0. The topological polar surface area (TPSA) is 110 Å². The summed E-state index contributed by atoms with van der Waals surface area (Å²) >= 11 is 1.46. The summed E-state index contributed by atoms with van der Waals surface area (Å²) in [6.07, 6.45) is 0. The molecule has 0 atom stereocenters. The number of hydrogen-bond acceptors (Lipinski definition) is 7. The standard InChI is InChI=1S/C17H14N6O2S/c1-9-14(26-10(2)18-9)16-22-23-17(25-16)19-15(24)13-8-12(20-21-13)11-6-4-3-5-7-11/h3-8H,1-2H3,(H,20,21)(H,19,23,24). The molecule has 3 heterocycles. The minimum atomic E-state index is -0.410. The van der Waals surface area contributed by atoms with Crippen LogP contribution in [0.2, 0.25) is 0 Å². The number of aromatic nitrogens is 5. The largest absolute Gasteiger partial charge is 0.402 e. The smallest absolute Gasteiger partial charge is 0.322 e. The Labute approximate surface area is 152 Å². The van der Waals surface area contributed by atoms with Gasteiger partial charge in [0.1, 0.15) is 10.6 Å². The molecule has 1 amide bonds. The van der Waals surface area contributed by atoms with E-state index in [4.69, 9.17) is 4.42 Å². The predicted molar refractivity (Wildman–Crippen MR) is 96.9 cm³/mol. The van der Waals surface area contributed by atoms with Crippen LogP contribution in [0.4, 0.5) is 6.01 Å². The number of anilines is 1. The Bertz CT molecular complexity index is 1070. The third-order valence-corrected chi connectivity index (χ3v) is 4.70. The number of aryl methyl sites for hydroxylation is 2. The molecule has 0 saturated carbocycles. The predicted octanol–water partition coefficient (Wildman–Crippen LogP) is 3.45. The number of nitrogens with zero attached hydrogens (tertiary/aromatic N) is 4. The molecular weight excluding hydrogens is 352 g/mol. The number of amides is 1. The van der Waals surface area contributed by atoms with Crippen molar-refractivity contribution in [3.05, 3.63) is 52.8 Å². The average molecular weight is 366 g/mol. The fraction of sp³-hybridized carbons (Fsp3) is 0.118. The Balaban J connectivity index is 1.51. The SMILES string of the molecule is Cc1nc(C)c(-c2nnc(NC(=O)c3cc(-c4ccccc4)n[nH]3)o2)s1. The van der Waals surface area contributed by atoms with Gasteiger partial charge in [0.15, 0.2) is 0 Å². The monoisotopic (exact) mass is 366 g/mol. The lowest BCUT2D eigenvalue weighted by molar-refractivity contribution is 0.101. The summed E-state index contributed by atoms with van der Waals surface area (Å²) in [4.78, 5) is 17.5. The second kappa shape index (κ2) is 6.52. The lowest BCUT2D eigenvalue weighted by atomic mass is 10.1. The molecular formula is C17H14N6O2S. The van der Waals surface area contributed by atoms with Crippen molar-refractivity contribution in [1.82, 2.24) is 25.4 Å². The molecule has 0 radical (unpaired) electrons. The van der Waals surface area contributed by atoms with E-state index >= 15 is 0 Å². The van der Waals surface area contributed by atoms with Crippen LogP contribution in [0.5, 0.6) is 0 Å². The van der Waals surface area contributed by atoms with Gasteiger partial charge in [-0.25, -0.2) is 4.98 Å². The van der Waals surface area contributed by atoms with Crippen molar-refractivity contribution in [2.24, 2.45) is 0 Å². The first kappa shape index (κ1) is 16.2. The Morgan fingerprint density at radius 1 is 1.19 bits per heavy atom. The highest BCUT2D eigenvalue weighted by atomic mass is 32.1. The van der Waals surface area contributed by atoms with E-state index in [1.54, 1.807) is 6.07 Å². The van der Waals surface area contributed by atoms with Gasteiger partial charge < -0.3 is 4.42 Å². The number of rotatable bonds is 4. The third kappa shape index (κ3) is 3.11. The summed E-state index contributed by atoms with van der Waals surface area (Å²) in [6.45, 7) is 3.78. The normalized spacial score (nSPS) is 10.8. The van der Waals surface area contributed by atoms with E-state index in [1.165, 1.54) is 11.3 Å². The number of nitrogens with one attached hydrogen (secondary N) is 2. The van der Waals surface area contributed by atoms with Gasteiger partial charge in [-0.15, -0.1) is 16.4 Å². The molecule has 0 fully saturated rings. The summed E-state index contributed by atoms with van der Waals surface area (Å²) in [5.74, 6) is -0.0786. The molecule has 3 aromatic heterocycles. The summed E-state index contributed by atoms with van der Waals surface area (Å²) < 4.78 is 5.53. The first-order valence-corrected chi connectivity index (χ1v) is 8.62. The van der Waals surface area contributed by atoms with Crippen LogP contribution < -0.4 is 5.32 Å². The highest BCUT2D eigenvalue weighted by molar-refractivity contribution is 7.15. The summed E-state index contributed by atoms with van der Waals surface area (Å²) in [6, 6.07) is 11.3. The van der Waals surface area contributed by atoms with E-state index in [2.05, 4.69) is 30.7 Å². The maximum atomic E-state index is 12.4. The van der Waals surface area contributed by atoms with E-state index in [9.17, 15) is 4.79 Å². The van der Waals surface area contributed by atoms with Gasteiger partial charge in [-0.05, 0) is 19.9 Å². The summed E-state index contributed by atoms with van der Waals surface area (Å²) in [5, 5.41) is 18.2. The molecule has 8 nitrogen and oxygen atoms in total.